The minimum Gasteiger partial charge on any atom is -0.330 e. The number of carbonyl (C=O) groups excluding carboxylic acids is 1. The molecular formula is C13H18N6O3S. The van der Waals surface area contributed by atoms with Crippen molar-refractivity contribution in [3.63, 3.8) is 0 Å². The van der Waals surface area contributed by atoms with E-state index in [1.807, 2.05) is 0 Å². The first-order valence-corrected chi connectivity index (χ1v) is 9.21. The highest BCUT2D eigenvalue weighted by molar-refractivity contribution is 7.93. The molecule has 10 heteroatoms. The molecule has 3 N–H and O–H groups in total. The normalized spacial score (nSPS) is 24.7. The zero-order valence-electron chi connectivity index (χ0n) is 12.5. The van der Waals surface area contributed by atoms with Crippen LogP contribution in [0.2, 0.25) is 0 Å². The molecule has 1 fully saturated rings. The molecule has 124 valence electrons. The maximum Gasteiger partial charge on any atom is 0.275 e. The lowest BCUT2D eigenvalue weighted by atomic mass is 10.0. The first-order valence-electron chi connectivity index (χ1n) is 7.35. The molecule has 1 aliphatic heterocycles. The second kappa shape index (κ2) is 6.20. The van der Waals surface area contributed by atoms with Crippen LogP contribution in [0.5, 0.6) is 0 Å². The summed E-state index contributed by atoms with van der Waals surface area (Å²) >= 11 is 0. The largest absolute Gasteiger partial charge is 0.330 e. The topological polar surface area (TPSA) is 136 Å². The third kappa shape index (κ3) is 3.32. The molecule has 0 bridgehead atoms. The van der Waals surface area contributed by atoms with Crippen LogP contribution in [0.3, 0.4) is 0 Å². The van der Waals surface area contributed by atoms with Crippen molar-refractivity contribution >= 4 is 26.7 Å². The number of amides is 1. The number of nitrogens with two attached hydrogens (primary N) is 1. The summed E-state index contributed by atoms with van der Waals surface area (Å²) in [5.41, 5.74) is 5.59. The lowest BCUT2D eigenvalue weighted by Crippen LogP contribution is -2.28. The summed E-state index contributed by atoms with van der Waals surface area (Å²) in [5, 5.41) is 4.28. The quantitative estimate of drug-likeness (QED) is 0.773. The van der Waals surface area contributed by atoms with E-state index in [-0.39, 0.29) is 12.1 Å². The van der Waals surface area contributed by atoms with Gasteiger partial charge in [0.1, 0.15) is 11.9 Å². The molecule has 2 aromatic rings. The summed E-state index contributed by atoms with van der Waals surface area (Å²) in [4.78, 5) is 30.2. The predicted molar refractivity (Wildman–Crippen MR) is 85.2 cm³/mol. The highest BCUT2D eigenvalue weighted by Crippen LogP contribution is 2.19. The summed E-state index contributed by atoms with van der Waals surface area (Å²) in [5.74, 6) is 0.644. The molecule has 3 heterocycles. The Morgan fingerprint density at radius 2 is 2.22 bits per heavy atom. The van der Waals surface area contributed by atoms with Crippen molar-refractivity contribution in [1.29, 1.82) is 0 Å². The van der Waals surface area contributed by atoms with Gasteiger partial charge in [0.25, 0.3) is 11.5 Å². The van der Waals surface area contributed by atoms with Gasteiger partial charge in [0.05, 0.1) is 22.3 Å². The van der Waals surface area contributed by atoms with Crippen LogP contribution in [0.1, 0.15) is 12.8 Å². The van der Waals surface area contributed by atoms with E-state index in [1.165, 1.54) is 17.2 Å². The maximum atomic E-state index is 12.6. The highest BCUT2D eigenvalue weighted by atomic mass is 32.2. The number of fused-ring (bicyclic) bond motifs is 1. The number of rotatable bonds is 3. The van der Waals surface area contributed by atoms with Gasteiger partial charge in [0, 0.05) is 11.5 Å². The summed E-state index contributed by atoms with van der Waals surface area (Å²) in [6.07, 6.45) is 4.06. The fraction of sp³-hybridized carbons (Fsp3) is 0.538. The third-order valence-corrected chi connectivity index (χ3v) is 6.30. The van der Waals surface area contributed by atoms with Gasteiger partial charge in [-0.25, -0.2) is 13.9 Å². The first-order chi connectivity index (χ1) is 11.0. The summed E-state index contributed by atoms with van der Waals surface area (Å²) < 4.78 is 17.8. The number of nitrogens with one attached hydrogen (secondary N) is 1. The lowest BCUT2D eigenvalue weighted by molar-refractivity contribution is -0.118. The zero-order chi connectivity index (χ0) is 16.4. The molecule has 1 saturated heterocycles. The van der Waals surface area contributed by atoms with Gasteiger partial charge in [0.15, 0.2) is 5.65 Å². The Balaban J connectivity index is 1.79. The van der Waals surface area contributed by atoms with E-state index in [0.717, 1.165) is 12.8 Å². The van der Waals surface area contributed by atoms with Gasteiger partial charge in [-0.15, -0.1) is 0 Å². The van der Waals surface area contributed by atoms with E-state index in [2.05, 4.69) is 19.4 Å². The van der Waals surface area contributed by atoms with Crippen molar-refractivity contribution in [1.82, 2.24) is 19.7 Å². The number of aromatic amines is 1. The van der Waals surface area contributed by atoms with Gasteiger partial charge >= 0.3 is 0 Å². The van der Waals surface area contributed by atoms with Crippen molar-refractivity contribution in [3.05, 3.63) is 22.9 Å². The number of nitrogens with zero attached hydrogens (tertiary/aromatic N) is 4. The highest BCUT2D eigenvalue weighted by Gasteiger charge is 2.23. The third-order valence-electron chi connectivity index (χ3n) is 4.02. The molecule has 0 spiro atoms. The van der Waals surface area contributed by atoms with Crippen LogP contribution < -0.4 is 11.3 Å². The number of aromatic nitrogens is 4. The monoisotopic (exact) mass is 338 g/mol. The minimum absolute atomic E-state index is 0.183. The Kier molecular flexibility index (Phi) is 4.26. The van der Waals surface area contributed by atoms with Crippen LogP contribution in [-0.4, -0.2) is 47.9 Å². The molecule has 0 aliphatic carbocycles. The first kappa shape index (κ1) is 15.8. The molecular weight excluding hydrogens is 320 g/mol. The van der Waals surface area contributed by atoms with Gasteiger partial charge in [-0.2, -0.15) is 9.46 Å². The van der Waals surface area contributed by atoms with Crippen LogP contribution in [0.25, 0.3) is 11.0 Å². The molecule has 3 rings (SSSR count). The molecule has 0 aromatic carbocycles. The van der Waals surface area contributed by atoms with Crippen LogP contribution in [0, 0.1) is 5.92 Å². The van der Waals surface area contributed by atoms with Gasteiger partial charge in [-0.05, 0) is 25.3 Å². The molecule has 0 radical (unpaired) electrons. The van der Waals surface area contributed by atoms with Crippen molar-refractivity contribution in [2.75, 3.05) is 18.1 Å². The maximum absolute atomic E-state index is 12.6. The number of H-pyrrole nitrogens is 1. The zero-order valence-corrected chi connectivity index (χ0v) is 13.3. The van der Waals surface area contributed by atoms with Crippen molar-refractivity contribution in [2.45, 2.75) is 19.4 Å². The smallest absolute Gasteiger partial charge is 0.275 e. The molecule has 0 unspecified atom stereocenters. The van der Waals surface area contributed by atoms with E-state index in [9.17, 15) is 13.8 Å². The van der Waals surface area contributed by atoms with Crippen LogP contribution in [0.4, 0.5) is 0 Å². The number of hydrogen-bond acceptors (Lipinski definition) is 6. The Morgan fingerprint density at radius 1 is 1.48 bits per heavy atom. The Bertz CT molecular complexity index is 894. The van der Waals surface area contributed by atoms with E-state index in [1.54, 1.807) is 0 Å². The Hall–Kier alpha value is -2.07. The summed E-state index contributed by atoms with van der Waals surface area (Å²) in [6.45, 7) is 0.389. The molecule has 23 heavy (non-hydrogen) atoms. The molecule has 9 nitrogen and oxygen atoms in total. The average Bonchev–Trinajstić information content (AvgIpc) is 2.92. The summed E-state index contributed by atoms with van der Waals surface area (Å²) in [7, 11) is -2.51. The minimum atomic E-state index is -2.51. The SMILES string of the molecule is NCC1CCS(=O)(=NC(=O)Cn2ncc3c(=O)[nH]cnc32)CC1. The Morgan fingerprint density at radius 3 is 2.91 bits per heavy atom. The van der Waals surface area contributed by atoms with E-state index >= 15 is 0 Å². The van der Waals surface area contributed by atoms with Crippen molar-refractivity contribution in [3.8, 4) is 0 Å². The van der Waals surface area contributed by atoms with E-state index in [0.29, 0.717) is 35.0 Å². The van der Waals surface area contributed by atoms with E-state index < -0.39 is 15.6 Å². The second-order valence-electron chi connectivity index (χ2n) is 5.62. The van der Waals surface area contributed by atoms with Crippen molar-refractivity contribution < 1.29 is 9.00 Å². The van der Waals surface area contributed by atoms with Gasteiger partial charge in [0.2, 0.25) is 0 Å². The van der Waals surface area contributed by atoms with Gasteiger partial charge in [-0.3, -0.25) is 9.59 Å². The standard InChI is InChI=1S/C13H18N6O3S/c14-5-9-1-3-23(22,4-2-9)18-11(20)7-19-12-10(6-17-19)13(21)16-8-15-12/h6,8-9H,1-5,7,14H2,(H,15,16,21). The Labute approximate surface area is 132 Å². The average molecular weight is 338 g/mol. The van der Waals surface area contributed by atoms with Crippen LogP contribution in [0.15, 0.2) is 21.7 Å². The molecule has 0 atom stereocenters. The number of carbonyl (C=O) groups is 1. The molecule has 0 saturated carbocycles. The van der Waals surface area contributed by atoms with Crippen LogP contribution >= 0.6 is 0 Å². The fourth-order valence-corrected chi connectivity index (χ4v) is 4.86. The van der Waals surface area contributed by atoms with Gasteiger partial charge < -0.3 is 10.7 Å². The summed E-state index contributed by atoms with van der Waals surface area (Å²) in [6, 6.07) is 0. The van der Waals surface area contributed by atoms with E-state index in [4.69, 9.17) is 5.73 Å². The lowest BCUT2D eigenvalue weighted by Gasteiger charge is -2.22. The predicted octanol–water partition coefficient (Wildman–Crippen LogP) is -0.517. The number of hydrogen-bond donors (Lipinski definition) is 2. The molecule has 2 aromatic heterocycles. The van der Waals surface area contributed by atoms with Crippen LogP contribution in [-0.2, 0) is 21.1 Å². The van der Waals surface area contributed by atoms with Gasteiger partial charge in [-0.1, -0.05) is 0 Å². The fourth-order valence-electron chi connectivity index (χ4n) is 2.64. The molecule has 1 aliphatic rings. The molecule has 1 amide bonds. The van der Waals surface area contributed by atoms with Crippen molar-refractivity contribution in [2.24, 2.45) is 16.0 Å². The second-order valence-corrected chi connectivity index (χ2v) is 8.16.